The van der Waals surface area contributed by atoms with Gasteiger partial charge in [-0.2, -0.15) is 0 Å². The number of amides is 2. The van der Waals surface area contributed by atoms with Gasteiger partial charge in [0.05, 0.1) is 22.4 Å². The number of para-hydroxylation sites is 1. The third-order valence-corrected chi connectivity index (χ3v) is 5.13. The molecule has 3 rings (SSSR count). The summed E-state index contributed by atoms with van der Waals surface area (Å²) in [6, 6.07) is 8.28. The molecule has 3 aromatic rings. The Morgan fingerprint density at radius 1 is 1.36 bits per heavy atom. The van der Waals surface area contributed by atoms with Crippen LogP contribution < -0.4 is 16.6 Å². The standard InChI is InChI=1S/C16H14N4O3S2/c1-8-6-10-14(23)19-16(20-15(10)25-8)24-7-12(21)18-11-5-3-2-4-9(11)13(17)22/h2-6H,7H2,1H3,(H2,17,22)(H,18,21)(H,19,20,23). The lowest BCUT2D eigenvalue weighted by Crippen LogP contribution is -2.19. The molecule has 0 spiro atoms. The number of benzene rings is 1. The molecule has 2 heterocycles. The van der Waals surface area contributed by atoms with Gasteiger partial charge in [-0.05, 0) is 25.1 Å². The van der Waals surface area contributed by atoms with Crippen LogP contribution in [0.1, 0.15) is 15.2 Å². The summed E-state index contributed by atoms with van der Waals surface area (Å²) in [7, 11) is 0. The molecule has 7 nitrogen and oxygen atoms in total. The number of H-pyrrole nitrogens is 1. The lowest BCUT2D eigenvalue weighted by atomic mass is 10.1. The highest BCUT2D eigenvalue weighted by Gasteiger charge is 2.12. The van der Waals surface area contributed by atoms with Crippen molar-refractivity contribution in [1.29, 1.82) is 0 Å². The van der Waals surface area contributed by atoms with Gasteiger partial charge in [-0.3, -0.25) is 14.4 Å². The maximum atomic E-state index is 12.1. The number of aromatic amines is 1. The van der Waals surface area contributed by atoms with E-state index in [0.29, 0.717) is 21.1 Å². The number of nitrogens with two attached hydrogens (primary N) is 1. The van der Waals surface area contributed by atoms with E-state index >= 15 is 0 Å². The molecule has 0 saturated heterocycles. The molecule has 1 aromatic carbocycles. The first-order chi connectivity index (χ1) is 11.9. The predicted molar refractivity (Wildman–Crippen MR) is 99.3 cm³/mol. The van der Waals surface area contributed by atoms with Crippen molar-refractivity contribution in [2.45, 2.75) is 12.1 Å². The largest absolute Gasteiger partial charge is 0.366 e. The van der Waals surface area contributed by atoms with Gasteiger partial charge in [-0.25, -0.2) is 4.98 Å². The van der Waals surface area contributed by atoms with Gasteiger partial charge in [0, 0.05) is 4.88 Å². The molecule has 2 aromatic heterocycles. The Labute approximate surface area is 150 Å². The number of aromatic nitrogens is 2. The minimum atomic E-state index is -0.618. The zero-order chi connectivity index (χ0) is 18.0. The summed E-state index contributed by atoms with van der Waals surface area (Å²) in [6.45, 7) is 1.90. The first kappa shape index (κ1) is 17.2. The molecule has 0 unspecified atom stereocenters. The van der Waals surface area contributed by atoms with Crippen LogP contribution in [0.5, 0.6) is 0 Å². The number of nitrogens with one attached hydrogen (secondary N) is 2. The summed E-state index contributed by atoms with van der Waals surface area (Å²) in [5, 5.41) is 3.56. The van der Waals surface area contributed by atoms with Crippen molar-refractivity contribution in [2.24, 2.45) is 5.73 Å². The first-order valence-electron chi connectivity index (χ1n) is 7.26. The molecule has 0 aliphatic heterocycles. The molecule has 0 saturated carbocycles. The second-order valence-corrected chi connectivity index (χ2v) is 7.39. The Kier molecular flexibility index (Phi) is 4.86. The molecule has 25 heavy (non-hydrogen) atoms. The van der Waals surface area contributed by atoms with Crippen LogP contribution in [0.2, 0.25) is 0 Å². The number of primary amides is 1. The van der Waals surface area contributed by atoms with E-state index in [1.54, 1.807) is 24.3 Å². The van der Waals surface area contributed by atoms with Gasteiger partial charge in [-0.15, -0.1) is 11.3 Å². The fraction of sp³-hybridized carbons (Fsp3) is 0.125. The van der Waals surface area contributed by atoms with Crippen LogP contribution in [-0.4, -0.2) is 27.5 Å². The molecule has 0 fully saturated rings. The van der Waals surface area contributed by atoms with Gasteiger partial charge in [0.25, 0.3) is 11.5 Å². The molecule has 0 aliphatic carbocycles. The second-order valence-electron chi connectivity index (χ2n) is 5.19. The van der Waals surface area contributed by atoms with Crippen LogP contribution in [0, 0.1) is 6.92 Å². The molecule has 0 radical (unpaired) electrons. The third kappa shape index (κ3) is 3.89. The minimum absolute atomic E-state index is 0.0336. The first-order valence-corrected chi connectivity index (χ1v) is 9.06. The SMILES string of the molecule is Cc1cc2c(=O)[nH]c(SCC(=O)Nc3ccccc3C(N)=O)nc2s1. The van der Waals surface area contributed by atoms with E-state index in [9.17, 15) is 14.4 Å². The van der Waals surface area contributed by atoms with Gasteiger partial charge in [0.15, 0.2) is 5.16 Å². The quantitative estimate of drug-likeness (QED) is 0.467. The lowest BCUT2D eigenvalue weighted by Gasteiger charge is -2.08. The molecule has 0 aliphatic rings. The van der Waals surface area contributed by atoms with Crippen LogP contribution in [0.25, 0.3) is 10.2 Å². The zero-order valence-electron chi connectivity index (χ0n) is 13.2. The average Bonchev–Trinajstić information content (AvgIpc) is 2.94. The maximum absolute atomic E-state index is 12.1. The van der Waals surface area contributed by atoms with Crippen molar-refractivity contribution < 1.29 is 9.59 Å². The number of thiophene rings is 1. The number of rotatable bonds is 5. The molecular weight excluding hydrogens is 360 g/mol. The summed E-state index contributed by atoms with van der Waals surface area (Å²) in [5.41, 5.74) is 5.65. The van der Waals surface area contributed by atoms with Gasteiger partial charge >= 0.3 is 0 Å². The number of thioether (sulfide) groups is 1. The van der Waals surface area contributed by atoms with Crippen LogP contribution in [0.15, 0.2) is 40.3 Å². The van der Waals surface area contributed by atoms with Gasteiger partial charge in [-0.1, -0.05) is 23.9 Å². The van der Waals surface area contributed by atoms with Gasteiger partial charge in [0.2, 0.25) is 5.91 Å². The summed E-state index contributed by atoms with van der Waals surface area (Å²) >= 11 is 2.54. The summed E-state index contributed by atoms with van der Waals surface area (Å²) < 4.78 is 0. The Morgan fingerprint density at radius 3 is 2.88 bits per heavy atom. The fourth-order valence-electron chi connectivity index (χ4n) is 2.23. The lowest BCUT2D eigenvalue weighted by molar-refractivity contribution is -0.113. The van der Waals surface area contributed by atoms with E-state index in [1.807, 2.05) is 6.92 Å². The molecule has 0 bridgehead atoms. The van der Waals surface area contributed by atoms with Crippen LogP contribution in [0.4, 0.5) is 5.69 Å². The third-order valence-electron chi connectivity index (χ3n) is 3.31. The van der Waals surface area contributed by atoms with Gasteiger partial charge in [0.1, 0.15) is 4.83 Å². The van der Waals surface area contributed by atoms with E-state index < -0.39 is 5.91 Å². The van der Waals surface area contributed by atoms with Crippen molar-refractivity contribution in [2.75, 3.05) is 11.1 Å². The predicted octanol–water partition coefficient (Wildman–Crippen LogP) is 2.12. The average molecular weight is 374 g/mol. The number of carbonyl (C=O) groups excluding carboxylic acids is 2. The molecular formula is C16H14N4O3S2. The van der Waals surface area contributed by atoms with Crippen molar-refractivity contribution in [3.8, 4) is 0 Å². The van der Waals surface area contributed by atoms with Crippen molar-refractivity contribution in [3.05, 3.63) is 51.1 Å². The van der Waals surface area contributed by atoms with E-state index in [1.165, 1.54) is 17.4 Å². The summed E-state index contributed by atoms with van der Waals surface area (Å²) in [5.74, 6) is -0.914. The van der Waals surface area contributed by atoms with E-state index in [-0.39, 0.29) is 22.8 Å². The number of aryl methyl sites for hydroxylation is 1. The number of hydrogen-bond donors (Lipinski definition) is 3. The summed E-state index contributed by atoms with van der Waals surface area (Å²) in [4.78, 5) is 44.1. The monoisotopic (exact) mass is 374 g/mol. The number of hydrogen-bond acceptors (Lipinski definition) is 6. The Morgan fingerprint density at radius 2 is 2.12 bits per heavy atom. The molecule has 4 N–H and O–H groups in total. The smallest absolute Gasteiger partial charge is 0.260 e. The summed E-state index contributed by atoms with van der Waals surface area (Å²) in [6.07, 6.45) is 0. The van der Waals surface area contributed by atoms with Crippen LogP contribution >= 0.6 is 23.1 Å². The maximum Gasteiger partial charge on any atom is 0.260 e. The normalized spacial score (nSPS) is 10.8. The topological polar surface area (TPSA) is 118 Å². The van der Waals surface area contributed by atoms with Crippen molar-refractivity contribution >= 4 is 50.8 Å². The van der Waals surface area contributed by atoms with E-state index in [2.05, 4.69) is 15.3 Å². The fourth-order valence-corrected chi connectivity index (χ4v) is 3.83. The molecule has 128 valence electrons. The number of fused-ring (bicyclic) bond motifs is 1. The number of carbonyl (C=O) groups is 2. The number of anilines is 1. The van der Waals surface area contributed by atoms with Crippen molar-refractivity contribution in [1.82, 2.24) is 9.97 Å². The number of nitrogens with zero attached hydrogens (tertiary/aromatic N) is 1. The zero-order valence-corrected chi connectivity index (χ0v) is 14.8. The molecule has 0 atom stereocenters. The highest BCUT2D eigenvalue weighted by molar-refractivity contribution is 7.99. The Hall–Kier alpha value is -2.65. The van der Waals surface area contributed by atoms with Gasteiger partial charge < -0.3 is 16.0 Å². The molecule has 9 heteroatoms. The molecule has 2 amide bonds. The Balaban J connectivity index is 1.71. The minimum Gasteiger partial charge on any atom is -0.366 e. The van der Waals surface area contributed by atoms with Crippen LogP contribution in [-0.2, 0) is 4.79 Å². The van der Waals surface area contributed by atoms with E-state index in [0.717, 1.165) is 16.6 Å². The highest BCUT2D eigenvalue weighted by Crippen LogP contribution is 2.22. The van der Waals surface area contributed by atoms with E-state index in [4.69, 9.17) is 5.73 Å². The van der Waals surface area contributed by atoms with Crippen molar-refractivity contribution in [3.63, 3.8) is 0 Å². The second kappa shape index (κ2) is 7.08. The van der Waals surface area contributed by atoms with Crippen LogP contribution in [0.3, 0.4) is 0 Å². The highest BCUT2D eigenvalue weighted by atomic mass is 32.2. The Bertz CT molecular complexity index is 1030.